The molecule has 0 aromatic carbocycles. The number of nitrogens with zero attached hydrogens (tertiary/aromatic N) is 1. The van der Waals surface area contributed by atoms with Gasteiger partial charge in [0.15, 0.2) is 0 Å². The minimum atomic E-state index is 0.260. The Hall–Kier alpha value is -1.13. The maximum atomic E-state index is 6.02. The molecule has 4 nitrogen and oxygen atoms in total. The zero-order valence-electron chi connectivity index (χ0n) is 13.5. The van der Waals surface area contributed by atoms with Crippen LogP contribution in [0.1, 0.15) is 45.2 Å². The van der Waals surface area contributed by atoms with Crippen LogP contribution in [0, 0.1) is 5.92 Å². The number of pyridine rings is 1. The normalized spacial score (nSPS) is 22.5. The van der Waals surface area contributed by atoms with Crippen LogP contribution in [0.25, 0.3) is 0 Å². The topological polar surface area (TPSA) is 43.4 Å². The first-order valence-corrected chi connectivity index (χ1v) is 8.02. The van der Waals surface area contributed by atoms with E-state index in [0.29, 0.717) is 12.0 Å². The van der Waals surface area contributed by atoms with E-state index in [1.54, 1.807) is 7.11 Å². The molecular weight excluding hydrogens is 264 g/mol. The zero-order valence-corrected chi connectivity index (χ0v) is 13.5. The van der Waals surface area contributed by atoms with E-state index in [-0.39, 0.29) is 6.10 Å². The van der Waals surface area contributed by atoms with Crippen LogP contribution in [-0.4, -0.2) is 30.8 Å². The van der Waals surface area contributed by atoms with Gasteiger partial charge in [-0.2, -0.15) is 0 Å². The second-order valence-corrected chi connectivity index (χ2v) is 6.27. The van der Waals surface area contributed by atoms with Gasteiger partial charge in [-0.25, -0.2) is 0 Å². The summed E-state index contributed by atoms with van der Waals surface area (Å²) < 4.78 is 11.5. The highest BCUT2D eigenvalue weighted by molar-refractivity contribution is 5.20. The van der Waals surface area contributed by atoms with Gasteiger partial charge in [0, 0.05) is 20.1 Å². The van der Waals surface area contributed by atoms with E-state index in [1.807, 2.05) is 18.3 Å². The molecule has 0 bridgehead atoms. The molecule has 0 aliphatic heterocycles. The largest absolute Gasteiger partial charge is 0.489 e. The first-order valence-electron chi connectivity index (χ1n) is 8.02. The fraction of sp³-hybridized carbons (Fsp3) is 0.706. The Morgan fingerprint density at radius 1 is 1.29 bits per heavy atom. The van der Waals surface area contributed by atoms with Crippen LogP contribution in [0.2, 0.25) is 0 Å². The van der Waals surface area contributed by atoms with Gasteiger partial charge >= 0.3 is 0 Å². The third-order valence-corrected chi connectivity index (χ3v) is 3.87. The molecule has 4 heteroatoms. The molecule has 0 amide bonds. The van der Waals surface area contributed by atoms with Gasteiger partial charge in [0.1, 0.15) is 11.9 Å². The average Bonchev–Trinajstić information content (AvgIpc) is 2.49. The monoisotopic (exact) mass is 292 g/mol. The van der Waals surface area contributed by atoms with E-state index >= 15 is 0 Å². The zero-order chi connectivity index (χ0) is 15.1. The van der Waals surface area contributed by atoms with E-state index in [9.17, 15) is 0 Å². The molecular formula is C17H28N2O2. The minimum Gasteiger partial charge on any atom is -0.489 e. The van der Waals surface area contributed by atoms with Gasteiger partial charge in [-0.3, -0.25) is 4.98 Å². The predicted octanol–water partition coefficient (Wildman–Crippen LogP) is 3.16. The lowest BCUT2D eigenvalue weighted by atomic mass is 9.95. The average molecular weight is 292 g/mol. The van der Waals surface area contributed by atoms with Crippen LogP contribution in [0.3, 0.4) is 0 Å². The van der Waals surface area contributed by atoms with Crippen molar-refractivity contribution in [3.8, 4) is 5.75 Å². The highest BCUT2D eigenvalue weighted by Gasteiger charge is 2.23. The van der Waals surface area contributed by atoms with Gasteiger partial charge in [0.05, 0.1) is 18.0 Å². The smallest absolute Gasteiger partial charge is 0.138 e. The second kappa shape index (κ2) is 8.35. The van der Waals surface area contributed by atoms with Gasteiger partial charge in [-0.15, -0.1) is 0 Å². The molecule has 1 aromatic heterocycles. The summed E-state index contributed by atoms with van der Waals surface area (Å²) in [5.41, 5.74) is 1.06. The maximum Gasteiger partial charge on any atom is 0.138 e. The van der Waals surface area contributed by atoms with Crippen LogP contribution in [-0.2, 0) is 11.3 Å². The Morgan fingerprint density at radius 3 is 2.76 bits per heavy atom. The van der Waals surface area contributed by atoms with Crippen molar-refractivity contribution in [2.45, 2.75) is 58.3 Å². The summed E-state index contributed by atoms with van der Waals surface area (Å²) in [5, 5.41) is 3.40. The SMILES string of the molecule is COC1CCCC(Oc2ccc(CNCC(C)C)nc2)C1. The summed E-state index contributed by atoms with van der Waals surface area (Å²) >= 11 is 0. The number of methoxy groups -OCH3 is 1. The van der Waals surface area contributed by atoms with E-state index in [0.717, 1.165) is 43.8 Å². The first kappa shape index (κ1) is 16.2. The van der Waals surface area contributed by atoms with E-state index in [1.165, 1.54) is 6.42 Å². The molecule has 118 valence electrons. The lowest BCUT2D eigenvalue weighted by Gasteiger charge is -2.28. The van der Waals surface area contributed by atoms with Crippen molar-refractivity contribution in [1.82, 2.24) is 10.3 Å². The fourth-order valence-corrected chi connectivity index (χ4v) is 2.69. The lowest BCUT2D eigenvalue weighted by Crippen LogP contribution is -2.29. The molecule has 2 unspecified atom stereocenters. The first-order chi connectivity index (χ1) is 10.2. The Morgan fingerprint density at radius 2 is 2.10 bits per heavy atom. The standard InChI is InChI=1S/C17H28N2O2/c1-13(2)10-18-11-14-7-8-17(12-19-14)21-16-6-4-5-15(9-16)20-3/h7-8,12-13,15-16,18H,4-6,9-11H2,1-3H3. The summed E-state index contributed by atoms with van der Waals surface area (Å²) in [6, 6.07) is 4.06. The molecule has 1 aliphatic rings. The van der Waals surface area contributed by atoms with Gasteiger partial charge in [0.2, 0.25) is 0 Å². The van der Waals surface area contributed by atoms with Crippen LogP contribution >= 0.6 is 0 Å². The molecule has 2 rings (SSSR count). The summed E-state index contributed by atoms with van der Waals surface area (Å²) in [6.45, 7) is 6.23. The van der Waals surface area contributed by atoms with E-state index < -0.39 is 0 Å². The van der Waals surface area contributed by atoms with Gasteiger partial charge < -0.3 is 14.8 Å². The summed E-state index contributed by atoms with van der Waals surface area (Å²) in [6.07, 6.45) is 6.85. The van der Waals surface area contributed by atoms with E-state index in [2.05, 4.69) is 24.1 Å². The fourth-order valence-electron chi connectivity index (χ4n) is 2.69. The molecule has 1 fully saturated rings. The highest BCUT2D eigenvalue weighted by Crippen LogP contribution is 2.24. The van der Waals surface area contributed by atoms with Crippen molar-refractivity contribution < 1.29 is 9.47 Å². The van der Waals surface area contributed by atoms with Crippen molar-refractivity contribution in [3.63, 3.8) is 0 Å². The molecule has 0 saturated heterocycles. The Bertz CT molecular complexity index is 406. The molecule has 1 aromatic rings. The molecule has 1 saturated carbocycles. The van der Waals surface area contributed by atoms with Crippen LogP contribution in [0.15, 0.2) is 18.3 Å². The number of nitrogens with one attached hydrogen (secondary N) is 1. The lowest BCUT2D eigenvalue weighted by molar-refractivity contribution is 0.0208. The van der Waals surface area contributed by atoms with Gasteiger partial charge in [-0.1, -0.05) is 13.8 Å². The second-order valence-electron chi connectivity index (χ2n) is 6.27. The van der Waals surface area contributed by atoms with Crippen molar-refractivity contribution >= 4 is 0 Å². The number of hydrogen-bond acceptors (Lipinski definition) is 4. The minimum absolute atomic E-state index is 0.260. The quantitative estimate of drug-likeness (QED) is 0.838. The molecule has 21 heavy (non-hydrogen) atoms. The van der Waals surface area contributed by atoms with E-state index in [4.69, 9.17) is 9.47 Å². The van der Waals surface area contributed by atoms with Crippen LogP contribution < -0.4 is 10.1 Å². The number of ether oxygens (including phenoxy) is 2. The number of hydrogen-bond donors (Lipinski definition) is 1. The summed E-state index contributed by atoms with van der Waals surface area (Å²) in [4.78, 5) is 4.46. The van der Waals surface area contributed by atoms with Crippen molar-refractivity contribution in [3.05, 3.63) is 24.0 Å². The van der Waals surface area contributed by atoms with Crippen molar-refractivity contribution in [1.29, 1.82) is 0 Å². The molecule has 0 spiro atoms. The summed E-state index contributed by atoms with van der Waals surface area (Å²) in [5.74, 6) is 1.53. The maximum absolute atomic E-state index is 6.02. The summed E-state index contributed by atoms with van der Waals surface area (Å²) in [7, 11) is 1.79. The van der Waals surface area contributed by atoms with Crippen LogP contribution in [0.5, 0.6) is 5.75 Å². The van der Waals surface area contributed by atoms with Gasteiger partial charge in [0.25, 0.3) is 0 Å². The van der Waals surface area contributed by atoms with Gasteiger partial charge in [-0.05, 0) is 43.9 Å². The molecule has 1 heterocycles. The third-order valence-electron chi connectivity index (χ3n) is 3.87. The Kier molecular flexibility index (Phi) is 6.46. The molecule has 1 N–H and O–H groups in total. The van der Waals surface area contributed by atoms with Crippen molar-refractivity contribution in [2.75, 3.05) is 13.7 Å². The predicted molar refractivity (Wildman–Crippen MR) is 84.5 cm³/mol. The number of rotatable bonds is 7. The molecule has 2 atom stereocenters. The Balaban J connectivity index is 1.79. The Labute approximate surface area is 128 Å². The third kappa shape index (κ3) is 5.64. The molecule has 0 radical (unpaired) electrons. The van der Waals surface area contributed by atoms with Crippen molar-refractivity contribution in [2.24, 2.45) is 5.92 Å². The number of aromatic nitrogens is 1. The van der Waals surface area contributed by atoms with Crippen LogP contribution in [0.4, 0.5) is 0 Å². The molecule has 1 aliphatic carbocycles. The highest BCUT2D eigenvalue weighted by atomic mass is 16.5.